The van der Waals surface area contributed by atoms with E-state index in [1.165, 1.54) is 6.92 Å². The molecule has 5 heterocycles. The van der Waals surface area contributed by atoms with Gasteiger partial charge in [0.25, 0.3) is 0 Å². The molecule has 4 aliphatic carbocycles. The molecular weight excluding hydrogens is 877 g/mol. The van der Waals surface area contributed by atoms with Gasteiger partial charge in [-0.2, -0.15) is 0 Å². The highest BCUT2D eigenvalue weighted by Crippen LogP contribution is 2.80. The van der Waals surface area contributed by atoms with Crippen LogP contribution in [0.3, 0.4) is 0 Å². The van der Waals surface area contributed by atoms with Crippen LogP contribution < -0.4 is 0 Å². The largest absolute Gasteiger partial charge is 0.457 e. The highest BCUT2D eigenvalue weighted by atomic mass is 16.8. The molecule has 5 aliphatic heterocycles. The third kappa shape index (κ3) is 7.93. The Morgan fingerprint density at radius 3 is 2.13 bits per heavy atom. The Kier molecular flexibility index (Phi) is 13.3. The van der Waals surface area contributed by atoms with Crippen LogP contribution in [0, 0.1) is 45.3 Å². The van der Waals surface area contributed by atoms with Crippen LogP contribution in [0.5, 0.6) is 0 Å². The summed E-state index contributed by atoms with van der Waals surface area (Å²) in [5.74, 6) is -0.641. The Labute approximate surface area is 393 Å². The number of ether oxygens (including phenoxy) is 9. The predicted octanol–water partition coefficient (Wildman–Crippen LogP) is 1.57. The summed E-state index contributed by atoms with van der Waals surface area (Å²) in [4.78, 5) is 11.6. The summed E-state index contributed by atoms with van der Waals surface area (Å²) in [6, 6.07) is 0. The van der Waals surface area contributed by atoms with Crippen LogP contribution in [-0.2, 0) is 47.4 Å². The lowest BCUT2D eigenvalue weighted by atomic mass is 9.35. The van der Waals surface area contributed by atoms with Crippen LogP contribution in [0.15, 0.2) is 11.6 Å². The molecule has 9 fully saturated rings. The Hall–Kier alpha value is -1.43. The number of aliphatic hydroxyl groups excluding tert-OH is 7. The van der Waals surface area contributed by atoms with E-state index in [0.29, 0.717) is 31.3 Å². The van der Waals surface area contributed by atoms with Crippen LogP contribution in [0.25, 0.3) is 0 Å². The first kappa shape index (κ1) is 50.5. The fourth-order valence-corrected chi connectivity index (χ4v) is 16.1. The molecule has 382 valence electrons. The van der Waals surface area contributed by atoms with E-state index in [1.807, 2.05) is 6.92 Å². The zero-order valence-corrected chi connectivity index (χ0v) is 40.6. The van der Waals surface area contributed by atoms with Crippen LogP contribution in [-0.4, -0.2) is 176 Å². The van der Waals surface area contributed by atoms with Gasteiger partial charge >= 0.3 is 5.97 Å². The minimum atomic E-state index is -1.83. The lowest BCUT2D eigenvalue weighted by Crippen LogP contribution is -2.67. The van der Waals surface area contributed by atoms with Crippen molar-refractivity contribution < 1.29 is 88.3 Å². The summed E-state index contributed by atoms with van der Waals surface area (Å²) < 4.78 is 55.0. The Morgan fingerprint density at radius 1 is 0.761 bits per heavy atom. The average molecular weight is 955 g/mol. The van der Waals surface area contributed by atoms with Crippen molar-refractivity contribution >= 4 is 5.97 Å². The summed E-state index contributed by atoms with van der Waals surface area (Å²) in [5.41, 5.74) is -0.330. The summed E-state index contributed by atoms with van der Waals surface area (Å²) in [6.45, 7) is 17.8. The second kappa shape index (κ2) is 17.7. The number of hydrogen-bond acceptors (Lipinski definition) is 18. The molecule has 5 saturated heterocycles. The van der Waals surface area contributed by atoms with Crippen LogP contribution in [0.2, 0.25) is 0 Å². The van der Waals surface area contributed by atoms with Crippen molar-refractivity contribution in [2.24, 2.45) is 45.3 Å². The first-order valence-electron chi connectivity index (χ1n) is 24.8. The number of aliphatic hydroxyl groups is 8. The minimum Gasteiger partial charge on any atom is -0.457 e. The molecule has 18 heteroatoms. The van der Waals surface area contributed by atoms with Crippen molar-refractivity contribution in [2.75, 3.05) is 19.8 Å². The Balaban J connectivity index is 0.879. The molecule has 0 radical (unpaired) electrons. The molecule has 0 aromatic carbocycles. The molecule has 4 saturated carbocycles. The van der Waals surface area contributed by atoms with E-state index >= 15 is 0 Å². The number of allylic oxidation sites excluding steroid dienone is 1. The zero-order valence-electron chi connectivity index (χ0n) is 40.6. The maximum atomic E-state index is 12.2. The molecule has 9 aliphatic rings. The molecule has 25 unspecified atom stereocenters. The van der Waals surface area contributed by atoms with Gasteiger partial charge < -0.3 is 83.5 Å². The highest BCUT2D eigenvalue weighted by molar-refractivity contribution is 5.66. The molecule has 0 amide bonds. The lowest BCUT2D eigenvalue weighted by Gasteiger charge is -2.70. The van der Waals surface area contributed by atoms with E-state index in [2.05, 4.69) is 47.6 Å². The maximum Gasteiger partial charge on any atom is 0.303 e. The van der Waals surface area contributed by atoms with Crippen molar-refractivity contribution in [2.45, 2.75) is 223 Å². The van der Waals surface area contributed by atoms with Crippen molar-refractivity contribution in [3.05, 3.63) is 11.6 Å². The molecule has 9 rings (SSSR count). The summed E-state index contributed by atoms with van der Waals surface area (Å²) in [7, 11) is 0. The van der Waals surface area contributed by atoms with Gasteiger partial charge in [-0.25, -0.2) is 0 Å². The maximum absolute atomic E-state index is 12.2. The normalized spacial score (nSPS) is 55.7. The van der Waals surface area contributed by atoms with Gasteiger partial charge in [-0.05, 0) is 100 Å². The van der Waals surface area contributed by atoms with Gasteiger partial charge in [0.1, 0.15) is 54.9 Å². The second-order valence-corrected chi connectivity index (χ2v) is 23.5. The number of fused-ring (bicyclic) bond motifs is 4. The van der Waals surface area contributed by atoms with Gasteiger partial charge in [-0.3, -0.25) is 4.79 Å². The standard InChI is InChI=1S/C49H78O18/c1-22(2)16-25-17-47(9,58)40-26-10-11-30-45(7)14-13-31(44(5,6)29(45)12-15-46(30,8)48(26)20-49(40,67-25)60-21-48)64-41-35(56)38(27(52)19-59-41)65-43-36(57)39(32(53)28(18-50)63-43)66-42-34(55)33(54)37(23(3)61-42)62-24(4)51/h16,23,25-43,50,52-58H,10-15,17-21H2,1-9H3. The molecule has 0 aromatic heterocycles. The SMILES string of the molecule is CC(=O)OC1C(C)OC(OC2C(O)C(CO)OC(OC3C(O)COC(OC4CCC5(C)C(CCC6(C)C5CCC5C7C(C)(O)CC(C=C(C)C)OC78CC56CO8)C4(C)C)C3O)C2O)C(O)C1O. The van der Waals surface area contributed by atoms with E-state index in [1.54, 1.807) is 0 Å². The minimum absolute atomic E-state index is 0.0405. The van der Waals surface area contributed by atoms with Gasteiger partial charge in [0, 0.05) is 31.1 Å². The fraction of sp³-hybridized carbons (Fsp3) is 0.939. The monoisotopic (exact) mass is 955 g/mol. The van der Waals surface area contributed by atoms with Crippen molar-refractivity contribution in [3.8, 4) is 0 Å². The van der Waals surface area contributed by atoms with E-state index in [9.17, 15) is 45.6 Å². The highest BCUT2D eigenvalue weighted by Gasteiger charge is 2.81. The molecular formula is C49H78O18. The average Bonchev–Trinajstić information content (AvgIpc) is 3.76. The number of carbonyl (C=O) groups is 1. The number of carbonyl (C=O) groups excluding carboxylic acids is 1. The number of hydrogen-bond donors (Lipinski definition) is 8. The first-order valence-corrected chi connectivity index (χ1v) is 24.8. The predicted molar refractivity (Wildman–Crippen MR) is 233 cm³/mol. The zero-order chi connectivity index (χ0) is 48.6. The molecule has 18 nitrogen and oxygen atoms in total. The van der Waals surface area contributed by atoms with Crippen LogP contribution in [0.1, 0.15) is 114 Å². The summed E-state index contributed by atoms with van der Waals surface area (Å²) >= 11 is 0. The molecule has 67 heavy (non-hydrogen) atoms. The number of rotatable bonds is 9. The van der Waals surface area contributed by atoms with Crippen LogP contribution in [0.4, 0.5) is 0 Å². The first-order chi connectivity index (χ1) is 31.3. The molecule has 2 bridgehead atoms. The van der Waals surface area contributed by atoms with Crippen molar-refractivity contribution in [1.29, 1.82) is 0 Å². The van der Waals surface area contributed by atoms with E-state index in [4.69, 9.17) is 42.6 Å². The number of esters is 1. The van der Waals surface area contributed by atoms with Gasteiger partial charge in [0.2, 0.25) is 0 Å². The van der Waals surface area contributed by atoms with Crippen molar-refractivity contribution in [3.63, 3.8) is 0 Å². The van der Waals surface area contributed by atoms with Gasteiger partial charge in [-0.15, -0.1) is 0 Å². The van der Waals surface area contributed by atoms with Gasteiger partial charge in [0.05, 0.1) is 43.7 Å². The quantitative estimate of drug-likeness (QED) is 0.0927. The molecule has 0 aromatic rings. The summed E-state index contributed by atoms with van der Waals surface area (Å²) in [6.07, 6.45) is -12.5. The van der Waals surface area contributed by atoms with Gasteiger partial charge in [0.15, 0.2) is 30.8 Å². The third-order valence-corrected chi connectivity index (χ3v) is 19.0. The van der Waals surface area contributed by atoms with Crippen molar-refractivity contribution in [1.82, 2.24) is 0 Å². The summed E-state index contributed by atoms with van der Waals surface area (Å²) in [5, 5.41) is 89.6. The fourth-order valence-electron chi connectivity index (χ4n) is 16.1. The third-order valence-electron chi connectivity index (χ3n) is 19.0. The van der Waals surface area contributed by atoms with E-state index in [0.717, 1.165) is 51.0 Å². The Morgan fingerprint density at radius 2 is 1.45 bits per heavy atom. The molecule has 8 N–H and O–H groups in total. The Bertz CT molecular complexity index is 1860. The second-order valence-electron chi connectivity index (χ2n) is 23.5. The van der Waals surface area contributed by atoms with Gasteiger partial charge in [-0.1, -0.05) is 39.3 Å². The van der Waals surface area contributed by atoms with Crippen LogP contribution >= 0.6 is 0 Å². The lowest BCUT2D eigenvalue weighted by molar-refractivity contribution is -0.377. The smallest absolute Gasteiger partial charge is 0.303 e. The molecule has 2 spiro atoms. The molecule has 25 atom stereocenters. The van der Waals surface area contributed by atoms with E-state index in [-0.39, 0.29) is 52.3 Å². The van der Waals surface area contributed by atoms with E-state index < -0.39 is 110 Å². The topological polar surface area (TPSA) is 262 Å².